The van der Waals surface area contributed by atoms with Crippen molar-refractivity contribution in [1.82, 2.24) is 19.6 Å². The van der Waals surface area contributed by atoms with E-state index in [9.17, 15) is 14.1 Å². The Labute approximate surface area is 262 Å². The Balaban J connectivity index is 2.10. The quantitative estimate of drug-likeness (QED) is 0.125. The fraction of sp³-hybridized carbons (Fsp3) is 0.606. The van der Waals surface area contributed by atoms with Gasteiger partial charge in [-0.05, 0) is 57.7 Å². The number of nitrogens with one attached hydrogen (secondary N) is 2. The number of carbonyl (C=O) groups excluding carboxylic acids is 2. The molecule has 1 aliphatic heterocycles. The molecular formula is C33H52N4O4SSi. The predicted octanol–water partition coefficient (Wildman–Crippen LogP) is 7.03. The molecule has 0 aliphatic carbocycles. The second-order valence-electron chi connectivity index (χ2n) is 13.6. The van der Waals surface area contributed by atoms with E-state index in [1.165, 1.54) is 0 Å². The fourth-order valence-corrected chi connectivity index (χ4v) is 6.40. The molecule has 8 nitrogen and oxygen atoms in total. The third-order valence-corrected chi connectivity index (χ3v) is 10.8. The number of nitrogens with zero attached hydrogens (tertiary/aromatic N) is 2. The van der Waals surface area contributed by atoms with Crippen LogP contribution in [0.25, 0.3) is 17.5 Å². The number of hydrogen-bond donors (Lipinski definition) is 2. The minimum atomic E-state index is -1.39. The van der Waals surface area contributed by atoms with Crippen LogP contribution in [0.1, 0.15) is 100 Å². The van der Waals surface area contributed by atoms with E-state index in [4.69, 9.17) is 9.72 Å². The van der Waals surface area contributed by atoms with Crippen molar-refractivity contribution in [2.75, 3.05) is 13.2 Å². The van der Waals surface area contributed by atoms with Gasteiger partial charge in [0.15, 0.2) is 5.69 Å². The summed E-state index contributed by atoms with van der Waals surface area (Å²) in [5.41, 5.74) is 2.99. The van der Waals surface area contributed by atoms with Crippen molar-refractivity contribution in [2.24, 2.45) is 0 Å². The third kappa shape index (κ3) is 11.0. The smallest absolute Gasteiger partial charge is 0.271 e. The van der Waals surface area contributed by atoms with Gasteiger partial charge in [0.2, 0.25) is 0 Å². The zero-order valence-electron chi connectivity index (χ0n) is 27.3. The summed E-state index contributed by atoms with van der Waals surface area (Å²) in [6.45, 7) is 16.0. The molecule has 2 heterocycles. The van der Waals surface area contributed by atoms with Gasteiger partial charge in [0.1, 0.15) is 23.1 Å². The van der Waals surface area contributed by atoms with Gasteiger partial charge < -0.3 is 19.2 Å². The molecule has 3 rings (SSSR count). The van der Waals surface area contributed by atoms with Crippen LogP contribution in [0.15, 0.2) is 30.3 Å². The van der Waals surface area contributed by atoms with Gasteiger partial charge in [0.25, 0.3) is 5.91 Å². The van der Waals surface area contributed by atoms with E-state index in [0.29, 0.717) is 56.0 Å². The first-order valence-corrected chi connectivity index (χ1v) is 20.6. The highest BCUT2D eigenvalue weighted by molar-refractivity contribution is 7.90. The third-order valence-electron chi connectivity index (χ3n) is 7.47. The minimum absolute atomic E-state index is 0.237. The average molecular weight is 629 g/mol. The maximum Gasteiger partial charge on any atom is 0.271 e. The zero-order chi connectivity index (χ0) is 31.6. The molecule has 0 radical (unpaired) electrons. The highest BCUT2D eigenvalue weighted by atomic mass is 32.2. The van der Waals surface area contributed by atoms with Crippen molar-refractivity contribution in [2.45, 2.75) is 116 Å². The number of ketones is 1. The first-order chi connectivity index (χ1) is 20.3. The molecule has 43 heavy (non-hydrogen) atoms. The second-order valence-corrected chi connectivity index (χ2v) is 21.2. The van der Waals surface area contributed by atoms with Gasteiger partial charge in [0, 0.05) is 51.0 Å². The van der Waals surface area contributed by atoms with Crippen LogP contribution in [0.5, 0.6) is 0 Å². The monoisotopic (exact) mass is 628 g/mol. The second kappa shape index (κ2) is 16.2. The maximum absolute atomic E-state index is 13.7. The van der Waals surface area contributed by atoms with E-state index in [-0.39, 0.29) is 18.4 Å². The van der Waals surface area contributed by atoms with Crippen molar-refractivity contribution in [1.29, 1.82) is 0 Å². The van der Waals surface area contributed by atoms with Crippen molar-refractivity contribution in [3.05, 3.63) is 47.3 Å². The van der Waals surface area contributed by atoms with Gasteiger partial charge in [-0.1, -0.05) is 69.8 Å². The summed E-state index contributed by atoms with van der Waals surface area (Å²) in [5.74, 6) is 0.685. The molecule has 1 aliphatic rings. The molecule has 0 fully saturated rings. The molecule has 4 bridgehead atoms. The first-order valence-electron chi connectivity index (χ1n) is 15.7. The number of amides is 1. The van der Waals surface area contributed by atoms with Crippen LogP contribution < -0.4 is 10.0 Å². The van der Waals surface area contributed by atoms with Crippen LogP contribution in [0.2, 0.25) is 25.7 Å². The van der Waals surface area contributed by atoms with Gasteiger partial charge in [-0.25, -0.2) is 4.98 Å². The summed E-state index contributed by atoms with van der Waals surface area (Å²) >= 11 is -1.39. The van der Waals surface area contributed by atoms with Gasteiger partial charge in [-0.3, -0.25) is 9.59 Å². The molecule has 2 N–H and O–H groups in total. The van der Waals surface area contributed by atoms with E-state index in [0.717, 1.165) is 36.4 Å². The predicted molar refractivity (Wildman–Crippen MR) is 180 cm³/mol. The van der Waals surface area contributed by atoms with Crippen molar-refractivity contribution in [3.8, 4) is 11.4 Å². The number of imidazole rings is 1. The Morgan fingerprint density at radius 2 is 2.00 bits per heavy atom. The van der Waals surface area contributed by atoms with Crippen molar-refractivity contribution in [3.63, 3.8) is 0 Å². The molecule has 2 aromatic rings. The van der Waals surface area contributed by atoms with E-state index in [1.54, 1.807) is 0 Å². The van der Waals surface area contributed by atoms with E-state index < -0.39 is 30.2 Å². The lowest BCUT2D eigenvalue weighted by molar-refractivity contribution is -0.118. The summed E-state index contributed by atoms with van der Waals surface area (Å²) in [6.07, 6.45) is 9.11. The summed E-state index contributed by atoms with van der Waals surface area (Å²) in [4.78, 5) is 30.5. The zero-order valence-corrected chi connectivity index (χ0v) is 29.1. The van der Waals surface area contributed by atoms with Gasteiger partial charge in [-0.15, -0.1) is 4.72 Å². The molecule has 1 aromatic carbocycles. The molecule has 1 aromatic heterocycles. The highest BCUT2D eigenvalue weighted by Gasteiger charge is 2.35. The molecule has 0 saturated carbocycles. The lowest BCUT2D eigenvalue weighted by Crippen LogP contribution is -2.42. The molecule has 2 unspecified atom stereocenters. The van der Waals surface area contributed by atoms with Crippen LogP contribution >= 0.6 is 0 Å². The largest absolute Gasteiger partial charge is 0.598 e. The summed E-state index contributed by atoms with van der Waals surface area (Å²) in [6, 6.07) is 8.78. The summed E-state index contributed by atoms with van der Waals surface area (Å²) in [7, 11) is -1.31. The molecular weight excluding hydrogens is 577 g/mol. The van der Waals surface area contributed by atoms with Crippen molar-refractivity contribution >= 4 is 37.2 Å². The fourth-order valence-electron chi connectivity index (χ4n) is 4.81. The van der Waals surface area contributed by atoms with E-state index in [2.05, 4.69) is 54.0 Å². The molecule has 1 amide bonds. The maximum atomic E-state index is 13.7. The SMILES string of the molecule is CCC(=O)CCCCCC(N[S+]([O-])C(C)(C)C)c1c2nc(n1COCC[Si](C)(C)C)-c1cccc(c1)/C=C\CCNC2=O. The number of ether oxygens (including phenoxy) is 1. The number of carbonyl (C=O) groups is 2. The van der Waals surface area contributed by atoms with Crippen LogP contribution in [0, 0.1) is 0 Å². The summed E-state index contributed by atoms with van der Waals surface area (Å²) < 4.78 is 24.7. The molecule has 10 heteroatoms. The number of Topliss-reactive ketones (excluding diaryl/α,β-unsaturated/α-hetero) is 1. The Bertz CT molecular complexity index is 1250. The standard InChI is InChI=1S/C33H52N4O4SSi/c1-8-27(38)18-10-9-11-19-28(36-42(40)33(2,3)4)30-29-32(39)34-20-13-12-15-25-16-14-17-26(23-25)31(35-29)37(30)24-41-21-22-43(5,6)7/h12,14-17,23,28,36H,8-11,13,18-22,24H2,1-7H3,(H,34,39)/b15-12-. The number of fused-ring (bicyclic) bond motifs is 5. The van der Waals surface area contributed by atoms with Crippen LogP contribution in [-0.4, -0.2) is 51.8 Å². The topological polar surface area (TPSA) is 108 Å². The Morgan fingerprint density at radius 1 is 1.23 bits per heavy atom. The highest BCUT2D eigenvalue weighted by Crippen LogP contribution is 2.33. The number of hydrogen-bond acceptors (Lipinski definition) is 6. The number of benzene rings is 1. The molecule has 2 atom stereocenters. The van der Waals surface area contributed by atoms with Crippen molar-refractivity contribution < 1.29 is 18.9 Å². The van der Waals surface area contributed by atoms with Crippen LogP contribution in [-0.2, 0) is 27.6 Å². The van der Waals surface area contributed by atoms with E-state index >= 15 is 0 Å². The normalized spacial score (nSPS) is 16.1. The van der Waals surface area contributed by atoms with Gasteiger partial charge in [-0.2, -0.15) is 0 Å². The minimum Gasteiger partial charge on any atom is -0.598 e. The van der Waals surface area contributed by atoms with E-state index in [1.807, 2.05) is 44.4 Å². The number of unbranched alkanes of at least 4 members (excludes halogenated alkanes) is 2. The Kier molecular flexibility index (Phi) is 13.3. The lowest BCUT2D eigenvalue weighted by Gasteiger charge is -2.29. The molecule has 0 spiro atoms. The molecule has 238 valence electrons. The van der Waals surface area contributed by atoms with Gasteiger partial charge in [0.05, 0.1) is 11.7 Å². The number of rotatable bonds is 15. The Hall–Kier alpha value is -2.24. The molecule has 0 saturated heterocycles. The van der Waals surface area contributed by atoms with Crippen LogP contribution in [0.3, 0.4) is 0 Å². The average Bonchev–Trinajstić information content (AvgIpc) is 3.32. The lowest BCUT2D eigenvalue weighted by atomic mass is 10.0. The number of aromatic nitrogens is 2. The summed E-state index contributed by atoms with van der Waals surface area (Å²) in [5, 5.41) is 3.05. The first kappa shape index (κ1) is 35.2. The van der Waals surface area contributed by atoms with Crippen LogP contribution in [0.4, 0.5) is 0 Å². The Morgan fingerprint density at radius 3 is 2.70 bits per heavy atom. The van der Waals surface area contributed by atoms with Gasteiger partial charge >= 0.3 is 0 Å².